The second-order valence-corrected chi connectivity index (χ2v) is 17.2. The molecule has 0 aliphatic heterocycles. The van der Waals surface area contributed by atoms with Crippen molar-refractivity contribution in [2.75, 3.05) is 0 Å². The Labute approximate surface area is 377 Å². The van der Waals surface area contributed by atoms with E-state index in [1.165, 1.54) is 82.6 Å². The van der Waals surface area contributed by atoms with Crippen molar-refractivity contribution in [2.45, 2.75) is 5.41 Å². The van der Waals surface area contributed by atoms with Gasteiger partial charge in [-0.3, -0.25) is 0 Å². The lowest BCUT2D eigenvalue weighted by Crippen LogP contribution is -2.28. The molecule has 0 spiro atoms. The highest BCUT2D eigenvalue weighted by Crippen LogP contribution is 2.56. The van der Waals surface area contributed by atoms with Crippen LogP contribution in [0.5, 0.6) is 0 Å². The van der Waals surface area contributed by atoms with Crippen LogP contribution in [0.25, 0.3) is 88.4 Å². The average molecular weight is 826 g/mol. The van der Waals surface area contributed by atoms with Crippen molar-refractivity contribution in [2.24, 2.45) is 0 Å². The molecule has 0 saturated carbocycles. The van der Waals surface area contributed by atoms with Gasteiger partial charge in [-0.25, -0.2) is 0 Å². The minimum Gasteiger partial charge on any atom is -0.309 e. The second kappa shape index (κ2) is 14.4. The Kier molecular flexibility index (Phi) is 8.19. The number of rotatable bonds is 6. The van der Waals surface area contributed by atoms with Crippen molar-refractivity contribution in [1.82, 2.24) is 9.13 Å². The zero-order valence-electron chi connectivity index (χ0n) is 35.4. The van der Waals surface area contributed by atoms with Crippen LogP contribution in [0.4, 0.5) is 0 Å². The molecule has 0 unspecified atom stereocenters. The van der Waals surface area contributed by atoms with Gasteiger partial charge in [0.15, 0.2) is 0 Å². The second-order valence-electron chi connectivity index (χ2n) is 17.2. The van der Waals surface area contributed by atoms with Crippen molar-refractivity contribution < 1.29 is 0 Å². The molecule has 0 saturated heterocycles. The topological polar surface area (TPSA) is 33.6 Å². The van der Waals surface area contributed by atoms with Crippen LogP contribution in [0.2, 0.25) is 0 Å². The highest BCUT2D eigenvalue weighted by atomic mass is 15.0. The molecular weight excluding hydrogens is 787 g/mol. The fourth-order valence-corrected chi connectivity index (χ4v) is 11.0. The standard InChI is InChI=1S/C62H39N3/c63-40-41-14-13-19-49(36-41)65-59-25-12-9-22-52(59)55-39-45(30-35-61(55)65)44-29-34-60-54(38-44)51-21-8-11-24-58(51)64(60)48-31-26-42(27-32-48)43-28-33-57-53(37-43)50-20-7-10-23-56(50)62(57,46-15-3-1-4-16-46)47-17-5-2-6-18-47/h1-39H. The lowest BCUT2D eigenvalue weighted by molar-refractivity contribution is 0.768. The van der Waals surface area contributed by atoms with E-state index in [2.05, 4.69) is 234 Å². The van der Waals surface area contributed by atoms with Gasteiger partial charge in [-0.2, -0.15) is 5.26 Å². The average Bonchev–Trinajstić information content (AvgIpc) is 4.00. The van der Waals surface area contributed by atoms with Crippen LogP contribution >= 0.6 is 0 Å². The Bertz CT molecular complexity index is 3840. The summed E-state index contributed by atoms with van der Waals surface area (Å²) in [5.74, 6) is 0. The van der Waals surface area contributed by atoms with Gasteiger partial charge >= 0.3 is 0 Å². The summed E-state index contributed by atoms with van der Waals surface area (Å²) in [7, 11) is 0. The van der Waals surface area contributed by atoms with Gasteiger partial charge in [-0.05, 0) is 128 Å². The van der Waals surface area contributed by atoms with Crippen molar-refractivity contribution in [3.63, 3.8) is 0 Å². The number of benzene rings is 10. The maximum Gasteiger partial charge on any atom is 0.0992 e. The maximum atomic E-state index is 9.67. The van der Waals surface area contributed by atoms with Crippen LogP contribution in [0.15, 0.2) is 237 Å². The number of fused-ring (bicyclic) bond motifs is 9. The monoisotopic (exact) mass is 825 g/mol. The molecule has 1 aliphatic carbocycles. The van der Waals surface area contributed by atoms with E-state index >= 15 is 0 Å². The Balaban J connectivity index is 0.896. The molecule has 3 nitrogen and oxygen atoms in total. The van der Waals surface area contributed by atoms with Gasteiger partial charge in [0.25, 0.3) is 0 Å². The first kappa shape index (κ1) is 36.9. The van der Waals surface area contributed by atoms with E-state index in [4.69, 9.17) is 0 Å². The molecule has 0 fully saturated rings. The van der Waals surface area contributed by atoms with Gasteiger partial charge in [-0.15, -0.1) is 0 Å². The van der Waals surface area contributed by atoms with E-state index in [0.717, 1.165) is 28.0 Å². The first-order chi connectivity index (χ1) is 32.2. The van der Waals surface area contributed by atoms with Gasteiger partial charge in [-0.1, -0.05) is 164 Å². The van der Waals surface area contributed by atoms with E-state index in [9.17, 15) is 5.26 Å². The van der Waals surface area contributed by atoms with E-state index < -0.39 is 5.41 Å². The molecular formula is C62H39N3. The predicted octanol–water partition coefficient (Wildman–Crippen LogP) is 15.4. The van der Waals surface area contributed by atoms with E-state index in [0.29, 0.717) is 5.56 Å². The Morgan fingerprint density at radius 2 is 0.815 bits per heavy atom. The number of hydrogen-bond acceptors (Lipinski definition) is 1. The van der Waals surface area contributed by atoms with Crippen LogP contribution in [-0.4, -0.2) is 9.13 Å². The summed E-state index contributed by atoms with van der Waals surface area (Å²) in [6.45, 7) is 0. The van der Waals surface area contributed by atoms with Gasteiger partial charge in [0.2, 0.25) is 0 Å². The molecule has 10 aromatic carbocycles. The molecule has 1 aliphatic rings. The van der Waals surface area contributed by atoms with Gasteiger partial charge in [0.05, 0.1) is 39.1 Å². The molecule has 302 valence electrons. The van der Waals surface area contributed by atoms with Crippen LogP contribution in [0.1, 0.15) is 27.8 Å². The number of nitrogens with zero attached hydrogens (tertiary/aromatic N) is 3. The molecule has 0 N–H and O–H groups in total. The lowest BCUT2D eigenvalue weighted by atomic mass is 9.67. The minimum absolute atomic E-state index is 0.410. The normalized spacial score (nSPS) is 12.7. The van der Waals surface area contributed by atoms with Crippen molar-refractivity contribution in [3.8, 4) is 50.8 Å². The predicted molar refractivity (Wildman–Crippen MR) is 268 cm³/mol. The molecule has 12 aromatic rings. The fraction of sp³-hybridized carbons (Fsp3) is 0.0161. The van der Waals surface area contributed by atoms with E-state index in [1.807, 2.05) is 18.2 Å². The Morgan fingerprint density at radius 1 is 0.323 bits per heavy atom. The van der Waals surface area contributed by atoms with Gasteiger partial charge < -0.3 is 9.13 Å². The molecule has 0 radical (unpaired) electrons. The molecule has 2 heterocycles. The molecule has 0 atom stereocenters. The van der Waals surface area contributed by atoms with Crippen LogP contribution in [0, 0.1) is 11.3 Å². The van der Waals surface area contributed by atoms with Crippen molar-refractivity contribution in [1.29, 1.82) is 5.26 Å². The third kappa shape index (κ3) is 5.48. The SMILES string of the molecule is N#Cc1cccc(-n2c3ccccc3c3cc(-c4ccc5c(c4)c4ccccc4n5-c4ccc(-c5ccc6c(c5)-c5ccccc5C6(c5ccccc5)c5ccccc5)cc4)ccc32)c1. The van der Waals surface area contributed by atoms with Crippen molar-refractivity contribution >= 4 is 43.6 Å². The molecule has 3 heteroatoms. The summed E-state index contributed by atoms with van der Waals surface area (Å²) in [4.78, 5) is 0. The zero-order chi connectivity index (χ0) is 43.1. The van der Waals surface area contributed by atoms with Crippen molar-refractivity contribution in [3.05, 3.63) is 264 Å². The van der Waals surface area contributed by atoms with E-state index in [-0.39, 0.29) is 0 Å². The number of para-hydroxylation sites is 2. The third-order valence-electron chi connectivity index (χ3n) is 13.8. The van der Waals surface area contributed by atoms with Gasteiger partial charge in [0, 0.05) is 32.9 Å². The molecule has 0 bridgehead atoms. The summed E-state index contributed by atoms with van der Waals surface area (Å²) in [5, 5.41) is 14.5. The largest absolute Gasteiger partial charge is 0.309 e. The first-order valence-electron chi connectivity index (χ1n) is 22.2. The molecule has 13 rings (SSSR count). The highest BCUT2D eigenvalue weighted by molar-refractivity contribution is 6.12. The number of nitriles is 1. The summed E-state index contributed by atoms with van der Waals surface area (Å²) in [6, 6.07) is 88.2. The summed E-state index contributed by atoms with van der Waals surface area (Å²) >= 11 is 0. The number of hydrogen-bond donors (Lipinski definition) is 0. The lowest BCUT2D eigenvalue weighted by Gasteiger charge is -2.33. The highest BCUT2D eigenvalue weighted by Gasteiger charge is 2.46. The minimum atomic E-state index is -0.410. The number of aromatic nitrogens is 2. The smallest absolute Gasteiger partial charge is 0.0992 e. The molecule has 2 aromatic heterocycles. The summed E-state index contributed by atoms with van der Waals surface area (Å²) < 4.78 is 4.67. The molecule has 65 heavy (non-hydrogen) atoms. The fourth-order valence-electron chi connectivity index (χ4n) is 11.0. The van der Waals surface area contributed by atoms with Crippen LogP contribution < -0.4 is 0 Å². The summed E-state index contributed by atoms with van der Waals surface area (Å²) in [5.41, 5.74) is 19.4. The Hall–Kier alpha value is -8.71. The summed E-state index contributed by atoms with van der Waals surface area (Å²) in [6.07, 6.45) is 0. The quantitative estimate of drug-likeness (QED) is 0.164. The maximum absolute atomic E-state index is 9.67. The van der Waals surface area contributed by atoms with E-state index in [1.54, 1.807) is 0 Å². The third-order valence-corrected chi connectivity index (χ3v) is 13.8. The van der Waals surface area contributed by atoms with Crippen LogP contribution in [0.3, 0.4) is 0 Å². The van der Waals surface area contributed by atoms with Gasteiger partial charge in [0.1, 0.15) is 0 Å². The zero-order valence-corrected chi connectivity index (χ0v) is 35.4. The first-order valence-corrected chi connectivity index (χ1v) is 22.2. The van der Waals surface area contributed by atoms with Crippen LogP contribution in [-0.2, 0) is 5.41 Å². The Morgan fingerprint density at radius 3 is 1.45 bits per heavy atom. The molecule has 0 amide bonds.